The summed E-state index contributed by atoms with van der Waals surface area (Å²) in [5, 5.41) is 3.46. The fourth-order valence-corrected chi connectivity index (χ4v) is 4.28. The normalized spacial score (nSPS) is 11.4. The molecule has 33 heavy (non-hydrogen) atoms. The Morgan fingerprint density at radius 2 is 0.909 bits per heavy atom. The minimum atomic E-state index is 1.01. The van der Waals surface area contributed by atoms with Gasteiger partial charge in [-0.2, -0.15) is 0 Å². The van der Waals surface area contributed by atoms with Crippen molar-refractivity contribution in [3.8, 4) is 0 Å². The third-order valence-corrected chi connectivity index (χ3v) is 6.02. The third kappa shape index (κ3) is 10.3. The van der Waals surface area contributed by atoms with Crippen LogP contribution in [-0.2, 0) is 19.6 Å². The largest absolute Gasteiger partial charge is 0.317 e. The van der Waals surface area contributed by atoms with Gasteiger partial charge in [-0.25, -0.2) is 0 Å². The zero-order valence-electron chi connectivity index (χ0n) is 20.3. The van der Waals surface area contributed by atoms with Crippen molar-refractivity contribution in [3.63, 3.8) is 0 Å². The van der Waals surface area contributed by atoms with Crippen LogP contribution in [0.4, 0.5) is 0 Å². The number of nitrogens with one attached hydrogen (secondary N) is 1. The average molecular weight is 444 g/mol. The molecule has 0 unspecified atom stereocenters. The SMILES string of the molecule is CCNCCCN(CCCCN(Cc1ccccc1)Cc1ccccc1)Cc1ccccc1. The van der Waals surface area contributed by atoms with Crippen molar-refractivity contribution in [2.24, 2.45) is 0 Å². The maximum atomic E-state index is 3.46. The van der Waals surface area contributed by atoms with E-state index < -0.39 is 0 Å². The standard InChI is InChI=1S/C30H41N3/c1-2-31-21-14-24-32(25-28-15-6-3-7-16-28)22-12-13-23-33(26-29-17-8-4-9-18-29)27-30-19-10-5-11-20-30/h3-11,15-20,31H,2,12-14,21-27H2,1H3. The predicted molar refractivity (Wildman–Crippen MR) is 141 cm³/mol. The lowest BCUT2D eigenvalue weighted by molar-refractivity contribution is 0.225. The first-order valence-electron chi connectivity index (χ1n) is 12.6. The molecule has 0 fully saturated rings. The summed E-state index contributed by atoms with van der Waals surface area (Å²) in [6, 6.07) is 32.6. The second-order valence-corrected chi connectivity index (χ2v) is 8.86. The van der Waals surface area contributed by atoms with Gasteiger partial charge in [-0.3, -0.25) is 9.80 Å². The Balaban J connectivity index is 1.50. The highest BCUT2D eigenvalue weighted by molar-refractivity contribution is 5.17. The molecule has 0 aromatic heterocycles. The Hall–Kier alpha value is -2.46. The van der Waals surface area contributed by atoms with Crippen LogP contribution in [0, 0.1) is 0 Å². The Bertz CT molecular complexity index is 810. The van der Waals surface area contributed by atoms with E-state index in [1.807, 2.05) is 0 Å². The van der Waals surface area contributed by atoms with E-state index in [2.05, 4.69) is 113 Å². The lowest BCUT2D eigenvalue weighted by Crippen LogP contribution is -2.29. The van der Waals surface area contributed by atoms with Gasteiger partial charge in [0, 0.05) is 19.6 Å². The van der Waals surface area contributed by atoms with E-state index in [0.29, 0.717) is 0 Å². The van der Waals surface area contributed by atoms with E-state index >= 15 is 0 Å². The molecule has 0 spiro atoms. The molecule has 0 bridgehead atoms. The van der Waals surface area contributed by atoms with Crippen LogP contribution in [0.2, 0.25) is 0 Å². The Kier molecular flexibility index (Phi) is 11.7. The number of hydrogen-bond donors (Lipinski definition) is 1. The van der Waals surface area contributed by atoms with Crippen molar-refractivity contribution in [1.29, 1.82) is 0 Å². The van der Waals surface area contributed by atoms with Crippen LogP contribution in [0.15, 0.2) is 91.0 Å². The minimum Gasteiger partial charge on any atom is -0.317 e. The molecule has 0 amide bonds. The number of rotatable bonds is 16. The number of nitrogens with zero attached hydrogens (tertiary/aromatic N) is 2. The van der Waals surface area contributed by atoms with Crippen molar-refractivity contribution in [2.75, 3.05) is 32.7 Å². The number of hydrogen-bond acceptors (Lipinski definition) is 3. The van der Waals surface area contributed by atoms with Crippen LogP contribution >= 0.6 is 0 Å². The summed E-state index contributed by atoms with van der Waals surface area (Å²) in [5.74, 6) is 0. The molecule has 0 aliphatic rings. The quantitative estimate of drug-likeness (QED) is 0.275. The van der Waals surface area contributed by atoms with E-state index in [0.717, 1.165) is 52.4 Å². The first kappa shape index (κ1) is 25.2. The Labute approximate surface area is 201 Å². The minimum absolute atomic E-state index is 1.01. The summed E-state index contributed by atoms with van der Waals surface area (Å²) in [6.45, 7) is 10.8. The van der Waals surface area contributed by atoms with Gasteiger partial charge in [-0.15, -0.1) is 0 Å². The van der Waals surface area contributed by atoms with E-state index in [1.54, 1.807) is 0 Å². The van der Waals surface area contributed by atoms with Crippen LogP contribution in [0.1, 0.15) is 42.9 Å². The van der Waals surface area contributed by atoms with Crippen LogP contribution in [0.5, 0.6) is 0 Å². The molecule has 0 saturated carbocycles. The van der Waals surface area contributed by atoms with Crippen molar-refractivity contribution >= 4 is 0 Å². The zero-order valence-corrected chi connectivity index (χ0v) is 20.3. The fourth-order valence-electron chi connectivity index (χ4n) is 4.28. The van der Waals surface area contributed by atoms with Gasteiger partial charge >= 0.3 is 0 Å². The second-order valence-electron chi connectivity index (χ2n) is 8.86. The molecule has 3 nitrogen and oxygen atoms in total. The van der Waals surface area contributed by atoms with E-state index in [9.17, 15) is 0 Å². The summed E-state index contributed by atoms with van der Waals surface area (Å²) in [5.41, 5.74) is 4.20. The summed E-state index contributed by atoms with van der Waals surface area (Å²) >= 11 is 0. The van der Waals surface area contributed by atoms with Crippen molar-refractivity contribution in [3.05, 3.63) is 108 Å². The van der Waals surface area contributed by atoms with Crippen molar-refractivity contribution in [1.82, 2.24) is 15.1 Å². The summed E-state index contributed by atoms with van der Waals surface area (Å²) < 4.78 is 0. The van der Waals surface area contributed by atoms with Gasteiger partial charge in [0.25, 0.3) is 0 Å². The summed E-state index contributed by atoms with van der Waals surface area (Å²) in [7, 11) is 0. The maximum absolute atomic E-state index is 3.46. The molecule has 0 aliphatic heterocycles. The highest BCUT2D eigenvalue weighted by atomic mass is 15.1. The van der Waals surface area contributed by atoms with E-state index in [4.69, 9.17) is 0 Å². The lowest BCUT2D eigenvalue weighted by atomic mass is 10.1. The van der Waals surface area contributed by atoms with Crippen LogP contribution in [0.25, 0.3) is 0 Å². The number of benzene rings is 3. The maximum Gasteiger partial charge on any atom is 0.0237 e. The summed E-state index contributed by atoms with van der Waals surface area (Å²) in [4.78, 5) is 5.22. The topological polar surface area (TPSA) is 18.5 Å². The Morgan fingerprint density at radius 1 is 0.515 bits per heavy atom. The molecule has 0 atom stereocenters. The van der Waals surface area contributed by atoms with Gasteiger partial charge < -0.3 is 5.32 Å². The van der Waals surface area contributed by atoms with E-state index in [1.165, 1.54) is 36.0 Å². The van der Waals surface area contributed by atoms with Crippen LogP contribution in [0.3, 0.4) is 0 Å². The highest BCUT2D eigenvalue weighted by Crippen LogP contribution is 2.12. The Morgan fingerprint density at radius 3 is 1.36 bits per heavy atom. The van der Waals surface area contributed by atoms with Gasteiger partial charge in [0.05, 0.1) is 0 Å². The molecular formula is C30H41N3. The molecule has 3 heteroatoms. The van der Waals surface area contributed by atoms with Crippen molar-refractivity contribution in [2.45, 2.75) is 45.8 Å². The first-order valence-corrected chi connectivity index (χ1v) is 12.6. The van der Waals surface area contributed by atoms with Gasteiger partial charge in [0.15, 0.2) is 0 Å². The molecule has 3 aromatic rings. The van der Waals surface area contributed by atoms with E-state index in [-0.39, 0.29) is 0 Å². The average Bonchev–Trinajstić information content (AvgIpc) is 2.86. The lowest BCUT2D eigenvalue weighted by Gasteiger charge is -2.25. The highest BCUT2D eigenvalue weighted by Gasteiger charge is 2.09. The van der Waals surface area contributed by atoms with Crippen LogP contribution < -0.4 is 5.32 Å². The monoisotopic (exact) mass is 443 g/mol. The fraction of sp³-hybridized carbons (Fsp3) is 0.400. The first-order chi connectivity index (χ1) is 16.3. The molecule has 3 aromatic carbocycles. The molecule has 1 N–H and O–H groups in total. The zero-order chi connectivity index (χ0) is 23.0. The van der Waals surface area contributed by atoms with Crippen molar-refractivity contribution < 1.29 is 0 Å². The smallest absolute Gasteiger partial charge is 0.0237 e. The van der Waals surface area contributed by atoms with Gasteiger partial charge in [0.2, 0.25) is 0 Å². The molecule has 0 heterocycles. The molecular weight excluding hydrogens is 402 g/mol. The van der Waals surface area contributed by atoms with Gasteiger partial charge in [0.1, 0.15) is 0 Å². The molecule has 3 rings (SSSR count). The van der Waals surface area contributed by atoms with Crippen LogP contribution in [-0.4, -0.2) is 42.5 Å². The molecule has 0 aliphatic carbocycles. The number of unbranched alkanes of at least 4 members (excludes halogenated alkanes) is 1. The van der Waals surface area contributed by atoms with Gasteiger partial charge in [-0.1, -0.05) is 97.9 Å². The predicted octanol–water partition coefficient (Wildman–Crippen LogP) is 5.97. The molecule has 0 radical (unpaired) electrons. The van der Waals surface area contributed by atoms with Gasteiger partial charge in [-0.05, 0) is 68.7 Å². The second kappa shape index (κ2) is 15.4. The molecule has 176 valence electrons. The third-order valence-electron chi connectivity index (χ3n) is 6.02. The molecule has 0 saturated heterocycles. The summed E-state index contributed by atoms with van der Waals surface area (Å²) in [6.07, 6.45) is 3.65.